The van der Waals surface area contributed by atoms with E-state index in [4.69, 9.17) is 4.74 Å². The number of nitrogens with one attached hydrogen (secondary N) is 1. The predicted octanol–water partition coefficient (Wildman–Crippen LogP) is 3.58. The van der Waals surface area contributed by atoms with E-state index in [1.165, 1.54) is 18.2 Å². The number of benzene rings is 1. The highest BCUT2D eigenvalue weighted by atomic mass is 79.9. The zero-order valence-electron chi connectivity index (χ0n) is 18.8. The van der Waals surface area contributed by atoms with Crippen LogP contribution in [0.4, 0.5) is 20.4 Å². The first-order valence-electron chi connectivity index (χ1n) is 11.2. The smallest absolute Gasteiger partial charge is 0.310 e. The fraction of sp³-hybridized carbons (Fsp3) is 0.500. The molecule has 2 saturated heterocycles. The Morgan fingerprint density at radius 2 is 2.09 bits per heavy atom. The standard InChI is InChI=1S/C22H25BrF2N6O4/c23-16-11-26-21(27-12-16)28-17-4-7-30(13-17)20(32)15-2-3-18(31(33)34)19(10-15)35-9-8-29-6-1-5-22(24,25)14-29/h2-3,10-12,17H,1,4-9,13-14H2,(H,26,27,28)/t17-/m1/s1. The molecule has 2 aromatic rings. The van der Waals surface area contributed by atoms with Gasteiger partial charge in [-0.05, 0) is 41.4 Å². The number of carbonyl (C=O) groups excluding carboxylic acids is 1. The number of nitro groups is 1. The Morgan fingerprint density at radius 3 is 2.80 bits per heavy atom. The summed E-state index contributed by atoms with van der Waals surface area (Å²) in [5.41, 5.74) is -0.0190. The van der Waals surface area contributed by atoms with Crippen molar-refractivity contribution >= 4 is 33.5 Å². The molecule has 2 aliphatic heterocycles. The second-order valence-corrected chi connectivity index (χ2v) is 9.55. The van der Waals surface area contributed by atoms with E-state index in [2.05, 4.69) is 31.2 Å². The molecule has 0 aliphatic carbocycles. The molecule has 0 bridgehead atoms. The highest BCUT2D eigenvalue weighted by molar-refractivity contribution is 9.10. The topological polar surface area (TPSA) is 114 Å². The number of piperidine rings is 1. The average molecular weight is 555 g/mol. The van der Waals surface area contributed by atoms with Crippen LogP contribution in [0, 0.1) is 10.1 Å². The van der Waals surface area contributed by atoms with Gasteiger partial charge in [0.15, 0.2) is 5.75 Å². The number of likely N-dealkylation sites (tertiary alicyclic amines) is 2. The third kappa shape index (κ3) is 6.60. The number of anilines is 1. The van der Waals surface area contributed by atoms with Crippen molar-refractivity contribution < 1.29 is 23.2 Å². The lowest BCUT2D eigenvalue weighted by Gasteiger charge is -2.32. The number of nitro benzene ring substituents is 1. The molecule has 1 atom stereocenters. The third-order valence-electron chi connectivity index (χ3n) is 5.97. The molecule has 13 heteroatoms. The highest BCUT2D eigenvalue weighted by Crippen LogP contribution is 2.30. The van der Waals surface area contributed by atoms with Gasteiger partial charge in [0.1, 0.15) is 6.61 Å². The molecule has 2 fully saturated rings. The summed E-state index contributed by atoms with van der Waals surface area (Å²) in [6, 6.07) is 3.96. The lowest BCUT2D eigenvalue weighted by Crippen LogP contribution is -2.44. The summed E-state index contributed by atoms with van der Waals surface area (Å²) in [5.74, 6) is -2.60. The molecule has 1 N–H and O–H groups in total. The number of nitrogens with zero attached hydrogens (tertiary/aromatic N) is 5. The van der Waals surface area contributed by atoms with Crippen molar-refractivity contribution in [1.82, 2.24) is 19.8 Å². The van der Waals surface area contributed by atoms with Crippen LogP contribution < -0.4 is 10.1 Å². The van der Waals surface area contributed by atoms with E-state index in [9.17, 15) is 23.7 Å². The molecule has 35 heavy (non-hydrogen) atoms. The van der Waals surface area contributed by atoms with Crippen molar-refractivity contribution in [2.24, 2.45) is 0 Å². The van der Waals surface area contributed by atoms with Crippen molar-refractivity contribution in [2.75, 3.05) is 44.6 Å². The van der Waals surface area contributed by atoms with Crippen LogP contribution in [-0.4, -0.2) is 81.9 Å². The first kappa shape index (κ1) is 25.2. The van der Waals surface area contributed by atoms with Crippen LogP contribution >= 0.6 is 15.9 Å². The first-order valence-corrected chi connectivity index (χ1v) is 12.0. The Balaban J connectivity index is 1.37. The zero-order valence-corrected chi connectivity index (χ0v) is 20.4. The lowest BCUT2D eigenvalue weighted by molar-refractivity contribution is -0.385. The molecule has 4 rings (SSSR count). The van der Waals surface area contributed by atoms with Gasteiger partial charge in [0.25, 0.3) is 11.8 Å². The van der Waals surface area contributed by atoms with Gasteiger partial charge in [-0.2, -0.15) is 0 Å². The van der Waals surface area contributed by atoms with E-state index >= 15 is 0 Å². The Kier molecular flexibility index (Phi) is 7.75. The van der Waals surface area contributed by atoms with Crippen molar-refractivity contribution in [3.8, 4) is 5.75 Å². The summed E-state index contributed by atoms with van der Waals surface area (Å²) in [6.45, 7) is 1.30. The molecule has 188 valence electrons. The number of amides is 1. The monoisotopic (exact) mass is 554 g/mol. The quantitative estimate of drug-likeness (QED) is 0.389. The molecular formula is C22H25BrF2N6O4. The molecule has 0 unspecified atom stereocenters. The van der Waals surface area contributed by atoms with E-state index in [0.717, 1.165) is 4.47 Å². The van der Waals surface area contributed by atoms with Gasteiger partial charge in [0.2, 0.25) is 5.95 Å². The van der Waals surface area contributed by atoms with Crippen LogP contribution in [0.1, 0.15) is 29.6 Å². The van der Waals surface area contributed by atoms with Gasteiger partial charge in [-0.1, -0.05) is 0 Å². The largest absolute Gasteiger partial charge is 0.485 e. The van der Waals surface area contributed by atoms with Crippen molar-refractivity contribution in [2.45, 2.75) is 31.2 Å². The minimum absolute atomic E-state index is 0.00252. The van der Waals surface area contributed by atoms with Crippen LogP contribution in [0.5, 0.6) is 5.75 Å². The number of ether oxygens (including phenoxy) is 1. The summed E-state index contributed by atoms with van der Waals surface area (Å²) in [7, 11) is 0. The van der Waals surface area contributed by atoms with E-state index in [0.29, 0.717) is 38.4 Å². The number of alkyl halides is 2. The van der Waals surface area contributed by atoms with Crippen LogP contribution in [0.15, 0.2) is 35.1 Å². The molecule has 1 amide bonds. The SMILES string of the molecule is O=C(c1ccc([N+](=O)[O-])c(OCCN2CCCC(F)(F)C2)c1)N1CC[C@@H](Nc2ncc(Br)cn2)C1. The van der Waals surface area contributed by atoms with Crippen molar-refractivity contribution in [3.63, 3.8) is 0 Å². The summed E-state index contributed by atoms with van der Waals surface area (Å²) in [6.07, 6.45) is 4.20. The number of hydrogen-bond donors (Lipinski definition) is 1. The number of rotatable bonds is 8. The molecule has 0 saturated carbocycles. The predicted molar refractivity (Wildman–Crippen MR) is 127 cm³/mol. The van der Waals surface area contributed by atoms with Gasteiger partial charge < -0.3 is 15.0 Å². The highest BCUT2D eigenvalue weighted by Gasteiger charge is 2.35. The molecular weight excluding hydrogens is 530 g/mol. The number of hydrogen-bond acceptors (Lipinski definition) is 8. The number of halogens is 3. The number of aromatic nitrogens is 2. The molecule has 2 aliphatic rings. The maximum Gasteiger partial charge on any atom is 0.310 e. The summed E-state index contributed by atoms with van der Waals surface area (Å²) in [5, 5.41) is 14.6. The molecule has 0 spiro atoms. The van der Waals surface area contributed by atoms with Gasteiger partial charge >= 0.3 is 5.69 Å². The van der Waals surface area contributed by atoms with Gasteiger partial charge in [-0.25, -0.2) is 18.7 Å². The Hall–Kier alpha value is -2.93. The van der Waals surface area contributed by atoms with E-state index in [1.807, 2.05) is 0 Å². The fourth-order valence-electron chi connectivity index (χ4n) is 4.25. The Morgan fingerprint density at radius 1 is 1.31 bits per heavy atom. The molecule has 0 radical (unpaired) electrons. The van der Waals surface area contributed by atoms with Crippen molar-refractivity contribution in [3.05, 3.63) is 50.7 Å². The maximum atomic E-state index is 13.6. The summed E-state index contributed by atoms with van der Waals surface area (Å²) >= 11 is 3.28. The van der Waals surface area contributed by atoms with Crippen LogP contribution in [0.2, 0.25) is 0 Å². The van der Waals surface area contributed by atoms with Crippen LogP contribution in [0.3, 0.4) is 0 Å². The molecule has 3 heterocycles. The van der Waals surface area contributed by atoms with Crippen LogP contribution in [0.25, 0.3) is 0 Å². The lowest BCUT2D eigenvalue weighted by atomic mass is 10.1. The van der Waals surface area contributed by atoms with Crippen LogP contribution in [-0.2, 0) is 0 Å². The Bertz CT molecular complexity index is 1070. The fourth-order valence-corrected chi connectivity index (χ4v) is 4.45. The second-order valence-electron chi connectivity index (χ2n) is 8.63. The molecule has 1 aromatic heterocycles. The molecule has 1 aromatic carbocycles. The van der Waals surface area contributed by atoms with Gasteiger partial charge in [0.05, 0.1) is 15.9 Å². The number of carbonyl (C=O) groups is 1. The maximum absolute atomic E-state index is 13.6. The summed E-state index contributed by atoms with van der Waals surface area (Å²) in [4.78, 5) is 35.5. The van der Waals surface area contributed by atoms with Gasteiger partial charge in [-0.3, -0.25) is 19.8 Å². The van der Waals surface area contributed by atoms with E-state index in [-0.39, 0.29) is 55.1 Å². The van der Waals surface area contributed by atoms with Crippen molar-refractivity contribution in [1.29, 1.82) is 0 Å². The normalized spacial score (nSPS) is 20.0. The van der Waals surface area contributed by atoms with E-state index < -0.39 is 10.8 Å². The first-order chi connectivity index (χ1) is 16.7. The second kappa shape index (κ2) is 10.8. The van der Waals surface area contributed by atoms with E-state index in [1.54, 1.807) is 22.2 Å². The minimum atomic E-state index is -2.73. The van der Waals surface area contributed by atoms with Gasteiger partial charge in [-0.15, -0.1) is 0 Å². The molecule has 10 nitrogen and oxygen atoms in total. The summed E-state index contributed by atoms with van der Waals surface area (Å²) < 4.78 is 33.6. The average Bonchev–Trinajstić information content (AvgIpc) is 3.28. The zero-order chi connectivity index (χ0) is 25.0. The minimum Gasteiger partial charge on any atom is -0.485 e. The third-order valence-corrected chi connectivity index (χ3v) is 6.38. The van der Waals surface area contributed by atoms with Gasteiger partial charge in [0, 0.05) is 62.2 Å². The Labute approximate surface area is 208 Å².